The van der Waals surface area contributed by atoms with Crippen molar-refractivity contribution in [2.45, 2.75) is 31.5 Å². The second kappa shape index (κ2) is 10.8. The van der Waals surface area contributed by atoms with Crippen LogP contribution in [0.15, 0.2) is 54.9 Å². The molecular formula is C30H30F3N7O3. The van der Waals surface area contributed by atoms with E-state index >= 15 is 0 Å². The van der Waals surface area contributed by atoms with E-state index in [1.807, 2.05) is 12.1 Å². The fourth-order valence-corrected chi connectivity index (χ4v) is 6.27. The van der Waals surface area contributed by atoms with E-state index in [2.05, 4.69) is 30.2 Å². The first-order valence-corrected chi connectivity index (χ1v) is 14.3. The lowest BCUT2D eigenvalue weighted by Crippen LogP contribution is -2.51. The predicted octanol–water partition coefficient (Wildman–Crippen LogP) is 4.91. The molecule has 1 aliphatic carbocycles. The van der Waals surface area contributed by atoms with Crippen molar-refractivity contribution in [3.05, 3.63) is 66.0 Å². The van der Waals surface area contributed by atoms with Gasteiger partial charge in [-0.3, -0.25) is 0 Å². The molecule has 3 aliphatic rings. The molecule has 1 spiro atoms. The summed E-state index contributed by atoms with van der Waals surface area (Å²) in [6.45, 7) is 3.68. The SMILES string of the molecule is O=C(ON1CCC2(CCC2Nc2ncc(C(F)(F)F)c(-c3c[nH]c4nc(N5CCOCC5)ccc34)n2)C1)c1ccccc1. The molecule has 1 saturated carbocycles. The van der Waals surface area contributed by atoms with Crippen molar-refractivity contribution in [3.8, 4) is 11.3 Å². The number of aromatic nitrogens is 4. The van der Waals surface area contributed by atoms with Gasteiger partial charge in [0, 0.05) is 61.0 Å². The lowest BCUT2D eigenvalue weighted by Gasteiger charge is -2.47. The minimum Gasteiger partial charge on any atom is -0.378 e. The summed E-state index contributed by atoms with van der Waals surface area (Å²) in [5, 5.41) is 5.51. The molecule has 2 saturated heterocycles. The third-order valence-electron chi connectivity index (χ3n) is 8.75. The molecule has 5 heterocycles. The van der Waals surface area contributed by atoms with E-state index in [-0.39, 0.29) is 23.1 Å². The molecule has 43 heavy (non-hydrogen) atoms. The number of hydroxylamine groups is 2. The number of hydrogen-bond donors (Lipinski definition) is 2. The average Bonchev–Trinajstić information content (AvgIpc) is 3.65. The second-order valence-corrected chi connectivity index (χ2v) is 11.3. The fraction of sp³-hybridized carbons (Fsp3) is 0.400. The Morgan fingerprint density at radius 3 is 2.63 bits per heavy atom. The van der Waals surface area contributed by atoms with Gasteiger partial charge in [-0.15, -0.1) is 5.06 Å². The minimum atomic E-state index is -4.65. The lowest BCUT2D eigenvalue weighted by atomic mass is 9.64. The Balaban J connectivity index is 1.11. The Kier molecular flexibility index (Phi) is 6.93. The Hall–Kier alpha value is -4.23. The van der Waals surface area contributed by atoms with E-state index in [0.29, 0.717) is 61.6 Å². The van der Waals surface area contributed by atoms with E-state index in [1.54, 1.807) is 35.4 Å². The van der Waals surface area contributed by atoms with E-state index in [0.717, 1.165) is 31.3 Å². The number of morpholine rings is 1. The van der Waals surface area contributed by atoms with Crippen LogP contribution in [0, 0.1) is 5.41 Å². The Bertz CT molecular complexity index is 1640. The lowest BCUT2D eigenvalue weighted by molar-refractivity contribution is -0.137. The van der Waals surface area contributed by atoms with Crippen LogP contribution in [0.1, 0.15) is 35.2 Å². The van der Waals surface area contributed by atoms with Gasteiger partial charge in [-0.25, -0.2) is 19.7 Å². The van der Waals surface area contributed by atoms with Gasteiger partial charge in [0.25, 0.3) is 0 Å². The maximum Gasteiger partial charge on any atom is 0.419 e. The number of H-pyrrole nitrogens is 1. The first-order chi connectivity index (χ1) is 20.8. The van der Waals surface area contributed by atoms with Crippen LogP contribution >= 0.6 is 0 Å². The first kappa shape index (κ1) is 27.6. The highest BCUT2D eigenvalue weighted by molar-refractivity contribution is 5.94. The number of carbonyl (C=O) groups is 1. The number of rotatable bonds is 6. The number of pyridine rings is 1. The van der Waals surface area contributed by atoms with Crippen molar-refractivity contribution in [3.63, 3.8) is 0 Å². The first-order valence-electron chi connectivity index (χ1n) is 14.3. The monoisotopic (exact) mass is 593 g/mol. The second-order valence-electron chi connectivity index (χ2n) is 11.3. The van der Waals surface area contributed by atoms with Gasteiger partial charge in [0.1, 0.15) is 17.0 Å². The van der Waals surface area contributed by atoms with Crippen molar-refractivity contribution in [1.29, 1.82) is 0 Å². The van der Waals surface area contributed by atoms with Gasteiger partial charge in [-0.1, -0.05) is 18.2 Å². The van der Waals surface area contributed by atoms with Crippen LogP contribution in [-0.2, 0) is 15.8 Å². The number of nitrogens with zero attached hydrogens (tertiary/aromatic N) is 5. The molecule has 2 aliphatic heterocycles. The summed E-state index contributed by atoms with van der Waals surface area (Å²) >= 11 is 0. The molecular weight excluding hydrogens is 563 g/mol. The van der Waals surface area contributed by atoms with Crippen LogP contribution < -0.4 is 10.2 Å². The highest BCUT2D eigenvalue weighted by Crippen LogP contribution is 2.49. The van der Waals surface area contributed by atoms with Crippen LogP contribution in [-0.4, -0.2) is 76.4 Å². The molecule has 3 fully saturated rings. The summed E-state index contributed by atoms with van der Waals surface area (Å²) < 4.78 is 47.8. The molecule has 1 aromatic carbocycles. The third-order valence-corrected chi connectivity index (χ3v) is 8.75. The van der Waals surface area contributed by atoms with Crippen molar-refractivity contribution >= 4 is 28.8 Å². The predicted molar refractivity (Wildman–Crippen MR) is 152 cm³/mol. The summed E-state index contributed by atoms with van der Waals surface area (Å²) in [6, 6.07) is 12.3. The van der Waals surface area contributed by atoms with Crippen LogP contribution in [0.4, 0.5) is 24.9 Å². The number of ether oxygens (including phenoxy) is 1. The number of hydrogen-bond acceptors (Lipinski definition) is 9. The van der Waals surface area contributed by atoms with Crippen LogP contribution in [0.3, 0.4) is 0 Å². The van der Waals surface area contributed by atoms with E-state index in [9.17, 15) is 18.0 Å². The Morgan fingerprint density at radius 1 is 1.07 bits per heavy atom. The maximum absolute atomic E-state index is 14.1. The molecule has 10 nitrogen and oxygen atoms in total. The van der Waals surface area contributed by atoms with E-state index in [4.69, 9.17) is 9.57 Å². The molecule has 2 N–H and O–H groups in total. The number of carbonyl (C=O) groups excluding carboxylic acids is 1. The summed E-state index contributed by atoms with van der Waals surface area (Å²) in [4.78, 5) is 36.4. The topological polar surface area (TPSA) is 108 Å². The number of halogens is 3. The van der Waals surface area contributed by atoms with Gasteiger partial charge in [0.15, 0.2) is 0 Å². The summed E-state index contributed by atoms with van der Waals surface area (Å²) in [6.07, 6.45) is 0.194. The third kappa shape index (κ3) is 5.27. The Morgan fingerprint density at radius 2 is 1.88 bits per heavy atom. The van der Waals surface area contributed by atoms with Crippen LogP contribution in [0.25, 0.3) is 22.3 Å². The van der Waals surface area contributed by atoms with Crippen molar-refractivity contribution in [1.82, 2.24) is 25.0 Å². The molecule has 7 rings (SSSR count). The van der Waals surface area contributed by atoms with Gasteiger partial charge >= 0.3 is 12.1 Å². The normalized spacial score (nSPS) is 22.6. The smallest absolute Gasteiger partial charge is 0.378 e. The molecule has 2 atom stereocenters. The molecule has 13 heteroatoms. The number of benzene rings is 1. The molecule has 0 amide bonds. The fourth-order valence-electron chi connectivity index (χ4n) is 6.27. The van der Waals surface area contributed by atoms with Crippen molar-refractivity contribution in [2.75, 3.05) is 49.6 Å². The van der Waals surface area contributed by atoms with Crippen molar-refractivity contribution in [2.24, 2.45) is 5.41 Å². The average molecular weight is 594 g/mol. The minimum absolute atomic E-state index is 0.0711. The largest absolute Gasteiger partial charge is 0.419 e. The van der Waals surface area contributed by atoms with Gasteiger partial charge in [0.2, 0.25) is 5.95 Å². The molecule has 0 bridgehead atoms. The zero-order chi connectivity index (χ0) is 29.6. The van der Waals surface area contributed by atoms with Gasteiger partial charge in [-0.05, 0) is 43.5 Å². The summed E-state index contributed by atoms with van der Waals surface area (Å²) in [5.41, 5.74) is -0.0627. The van der Waals surface area contributed by atoms with Crippen LogP contribution in [0.5, 0.6) is 0 Å². The molecule has 0 radical (unpaired) electrons. The maximum atomic E-state index is 14.1. The number of anilines is 2. The van der Waals surface area contributed by atoms with Gasteiger partial charge < -0.3 is 24.8 Å². The number of alkyl halides is 3. The van der Waals surface area contributed by atoms with E-state index < -0.39 is 17.7 Å². The molecule has 3 aromatic heterocycles. The molecule has 4 aromatic rings. The van der Waals surface area contributed by atoms with E-state index in [1.165, 1.54) is 6.20 Å². The highest BCUT2D eigenvalue weighted by Gasteiger charge is 2.52. The number of nitrogens with one attached hydrogen (secondary N) is 2. The summed E-state index contributed by atoms with van der Waals surface area (Å²) in [5.74, 6) is 0.446. The number of fused-ring (bicyclic) bond motifs is 1. The Labute approximate surface area is 245 Å². The summed E-state index contributed by atoms with van der Waals surface area (Å²) in [7, 11) is 0. The zero-order valence-corrected chi connectivity index (χ0v) is 23.2. The van der Waals surface area contributed by atoms with Crippen LogP contribution in [0.2, 0.25) is 0 Å². The standard InChI is InChI=1S/C30H30F3N7O3/c31-30(32,33)22-17-35-28(36-23-8-9-29(23)10-11-40(18-29)43-27(41)19-4-2-1-3-5-19)38-25(22)21-16-34-26-20(21)6-7-24(37-26)39-12-14-42-15-13-39/h1-7,16-17,23H,8-15,18H2,(H,34,37)(H,35,36,38). The highest BCUT2D eigenvalue weighted by atomic mass is 19.4. The molecule has 224 valence electrons. The van der Waals surface area contributed by atoms with Gasteiger partial charge in [-0.2, -0.15) is 13.2 Å². The quantitative estimate of drug-likeness (QED) is 0.322. The number of aromatic amines is 1. The molecule has 2 unspecified atom stereocenters. The van der Waals surface area contributed by atoms with Gasteiger partial charge in [0.05, 0.1) is 24.5 Å². The zero-order valence-electron chi connectivity index (χ0n) is 23.2. The van der Waals surface area contributed by atoms with Crippen molar-refractivity contribution < 1.29 is 27.5 Å².